The molecule has 0 amide bonds. The Morgan fingerprint density at radius 2 is 1.55 bits per heavy atom. The predicted molar refractivity (Wildman–Crippen MR) is 94.6 cm³/mol. The summed E-state index contributed by atoms with van der Waals surface area (Å²) in [5.41, 5.74) is 1.99. The Morgan fingerprint density at radius 1 is 0.909 bits per heavy atom. The minimum absolute atomic E-state index is 0.806. The molecule has 0 saturated carbocycles. The van der Waals surface area contributed by atoms with Crippen molar-refractivity contribution in [2.24, 2.45) is 0 Å². The number of nitrogens with zero attached hydrogens (tertiary/aromatic N) is 1. The van der Waals surface area contributed by atoms with Crippen LogP contribution in [0.3, 0.4) is 0 Å². The van der Waals surface area contributed by atoms with E-state index >= 15 is 0 Å². The molecule has 0 unspecified atom stereocenters. The fraction of sp³-hybridized carbons (Fsp3) is 0.550. The highest BCUT2D eigenvalue weighted by molar-refractivity contribution is 5.88. The van der Waals surface area contributed by atoms with Gasteiger partial charge < -0.3 is 4.57 Å². The van der Waals surface area contributed by atoms with Gasteiger partial charge in [-0.2, -0.15) is 0 Å². The van der Waals surface area contributed by atoms with E-state index in [2.05, 4.69) is 23.6 Å². The van der Waals surface area contributed by atoms with Crippen LogP contribution < -0.4 is 0 Å². The summed E-state index contributed by atoms with van der Waals surface area (Å²) in [6, 6.07) is 10.3. The highest BCUT2D eigenvalue weighted by Crippen LogP contribution is 2.20. The number of carbonyl (C=O) groups is 1. The van der Waals surface area contributed by atoms with Crippen molar-refractivity contribution < 1.29 is 4.79 Å². The van der Waals surface area contributed by atoms with Crippen LogP contribution >= 0.6 is 0 Å². The number of aldehydes is 1. The second kappa shape index (κ2) is 9.45. The average molecular weight is 299 g/mol. The molecule has 0 aliphatic rings. The zero-order valence-electron chi connectivity index (χ0n) is 13.9. The number of unbranched alkanes of at least 4 members (excludes halogenated alkanes) is 8. The van der Waals surface area contributed by atoms with E-state index in [-0.39, 0.29) is 0 Å². The van der Waals surface area contributed by atoms with Crippen molar-refractivity contribution in [2.45, 2.75) is 71.3 Å². The summed E-state index contributed by atoms with van der Waals surface area (Å²) >= 11 is 0. The largest absolute Gasteiger partial charge is 0.338 e. The molecular formula is C20H29NO. The topological polar surface area (TPSA) is 22.0 Å². The number of hydrogen-bond donors (Lipinski definition) is 0. The van der Waals surface area contributed by atoms with E-state index in [1.54, 1.807) is 0 Å². The van der Waals surface area contributed by atoms with Crippen LogP contribution in [0.2, 0.25) is 0 Å². The van der Waals surface area contributed by atoms with Crippen molar-refractivity contribution >= 4 is 17.2 Å². The zero-order chi connectivity index (χ0) is 15.6. The van der Waals surface area contributed by atoms with E-state index in [9.17, 15) is 4.79 Å². The van der Waals surface area contributed by atoms with Crippen LogP contribution in [-0.4, -0.2) is 10.9 Å². The molecule has 1 heterocycles. The number of aryl methyl sites for hydroxylation is 1. The first-order chi connectivity index (χ1) is 10.9. The van der Waals surface area contributed by atoms with Crippen LogP contribution in [0.4, 0.5) is 0 Å². The Balaban J connectivity index is 1.72. The van der Waals surface area contributed by atoms with Crippen LogP contribution in [0.25, 0.3) is 10.9 Å². The summed E-state index contributed by atoms with van der Waals surface area (Å²) < 4.78 is 2.17. The van der Waals surface area contributed by atoms with Crippen molar-refractivity contribution in [1.82, 2.24) is 4.57 Å². The van der Waals surface area contributed by atoms with Crippen molar-refractivity contribution in [3.05, 3.63) is 36.0 Å². The molecule has 1 aromatic carbocycles. The SMILES string of the molecule is CCCCCCCCCCCn1c(C=O)cc2ccccc21. The lowest BCUT2D eigenvalue weighted by atomic mass is 10.1. The molecule has 0 radical (unpaired) electrons. The maximum absolute atomic E-state index is 11.2. The van der Waals surface area contributed by atoms with Gasteiger partial charge >= 0.3 is 0 Å². The summed E-state index contributed by atoms with van der Waals surface area (Å²) in [4.78, 5) is 11.2. The summed E-state index contributed by atoms with van der Waals surface area (Å²) in [6.07, 6.45) is 13.0. The number of aromatic nitrogens is 1. The van der Waals surface area contributed by atoms with Crippen LogP contribution in [0.15, 0.2) is 30.3 Å². The van der Waals surface area contributed by atoms with E-state index in [0.717, 1.165) is 24.9 Å². The quantitative estimate of drug-likeness (QED) is 0.369. The first-order valence-electron chi connectivity index (χ1n) is 8.90. The maximum atomic E-state index is 11.2. The van der Waals surface area contributed by atoms with Gasteiger partial charge in [0.2, 0.25) is 0 Å². The fourth-order valence-corrected chi connectivity index (χ4v) is 3.16. The average Bonchev–Trinajstić information content (AvgIpc) is 2.91. The molecule has 1 aromatic heterocycles. The summed E-state index contributed by atoms with van der Waals surface area (Å²) in [7, 11) is 0. The van der Waals surface area contributed by atoms with Crippen LogP contribution in [0.1, 0.15) is 75.2 Å². The molecule has 22 heavy (non-hydrogen) atoms. The number of carbonyl (C=O) groups excluding carboxylic acids is 1. The van der Waals surface area contributed by atoms with Crippen molar-refractivity contribution in [1.29, 1.82) is 0 Å². The predicted octanol–water partition coefficient (Wildman–Crippen LogP) is 5.98. The summed E-state index contributed by atoms with van der Waals surface area (Å²) in [6.45, 7) is 3.22. The molecule has 0 bridgehead atoms. The highest BCUT2D eigenvalue weighted by Gasteiger charge is 2.06. The van der Waals surface area contributed by atoms with Gasteiger partial charge in [0.25, 0.3) is 0 Å². The molecule has 0 saturated heterocycles. The Bertz CT molecular complexity index is 570. The molecule has 2 nitrogen and oxygen atoms in total. The van der Waals surface area contributed by atoms with Crippen LogP contribution in [-0.2, 0) is 6.54 Å². The Morgan fingerprint density at radius 3 is 2.23 bits per heavy atom. The Labute approximate surface area is 134 Å². The van der Waals surface area contributed by atoms with E-state index in [4.69, 9.17) is 0 Å². The van der Waals surface area contributed by atoms with Gasteiger partial charge in [0.05, 0.1) is 5.69 Å². The Kier molecular flexibility index (Phi) is 7.21. The van der Waals surface area contributed by atoms with Gasteiger partial charge in [0, 0.05) is 17.4 Å². The van der Waals surface area contributed by atoms with Gasteiger partial charge in [-0.3, -0.25) is 4.79 Å². The monoisotopic (exact) mass is 299 g/mol. The number of benzene rings is 1. The van der Waals surface area contributed by atoms with Gasteiger partial charge in [-0.05, 0) is 18.6 Å². The molecule has 2 heteroatoms. The first kappa shape index (κ1) is 16.8. The normalized spacial score (nSPS) is 11.1. The second-order valence-corrected chi connectivity index (χ2v) is 6.23. The molecule has 2 rings (SSSR count). The van der Waals surface area contributed by atoms with Gasteiger partial charge in [0.15, 0.2) is 6.29 Å². The van der Waals surface area contributed by atoms with E-state index in [1.807, 2.05) is 18.2 Å². The minimum Gasteiger partial charge on any atom is -0.338 e. The highest BCUT2D eigenvalue weighted by atomic mass is 16.1. The second-order valence-electron chi connectivity index (χ2n) is 6.23. The van der Waals surface area contributed by atoms with Crippen LogP contribution in [0, 0.1) is 0 Å². The van der Waals surface area contributed by atoms with E-state index < -0.39 is 0 Å². The number of para-hydroxylation sites is 1. The lowest BCUT2D eigenvalue weighted by Gasteiger charge is -2.07. The van der Waals surface area contributed by atoms with E-state index in [1.165, 1.54) is 62.3 Å². The van der Waals surface area contributed by atoms with E-state index in [0.29, 0.717) is 0 Å². The summed E-state index contributed by atoms with van der Waals surface area (Å²) in [5, 5.41) is 1.17. The molecule has 0 fully saturated rings. The lowest BCUT2D eigenvalue weighted by Crippen LogP contribution is -2.02. The first-order valence-corrected chi connectivity index (χ1v) is 8.90. The maximum Gasteiger partial charge on any atom is 0.166 e. The van der Waals surface area contributed by atoms with Gasteiger partial charge in [0.1, 0.15) is 0 Å². The van der Waals surface area contributed by atoms with Crippen molar-refractivity contribution in [2.75, 3.05) is 0 Å². The standard InChI is InChI=1S/C20H29NO/c1-2-3-4-5-6-7-8-9-12-15-21-19(17-22)16-18-13-10-11-14-20(18)21/h10-11,13-14,16-17H,2-9,12,15H2,1H3. The molecule has 0 aliphatic carbocycles. The molecule has 0 spiro atoms. The molecular weight excluding hydrogens is 270 g/mol. The zero-order valence-corrected chi connectivity index (χ0v) is 13.9. The third-order valence-electron chi connectivity index (χ3n) is 4.45. The molecule has 120 valence electrons. The number of rotatable bonds is 11. The number of fused-ring (bicyclic) bond motifs is 1. The van der Waals surface area contributed by atoms with Crippen LogP contribution in [0.5, 0.6) is 0 Å². The molecule has 2 aromatic rings. The van der Waals surface area contributed by atoms with Crippen molar-refractivity contribution in [3.8, 4) is 0 Å². The molecule has 0 atom stereocenters. The van der Waals surface area contributed by atoms with Gasteiger partial charge in [-0.15, -0.1) is 0 Å². The number of hydrogen-bond acceptors (Lipinski definition) is 1. The Hall–Kier alpha value is -1.57. The molecule has 0 aliphatic heterocycles. The molecule has 0 N–H and O–H groups in total. The fourth-order valence-electron chi connectivity index (χ4n) is 3.16. The third-order valence-corrected chi connectivity index (χ3v) is 4.45. The van der Waals surface area contributed by atoms with Gasteiger partial charge in [-0.1, -0.05) is 76.5 Å². The minimum atomic E-state index is 0.806. The lowest BCUT2D eigenvalue weighted by molar-refractivity contribution is 0.111. The summed E-state index contributed by atoms with van der Waals surface area (Å²) in [5.74, 6) is 0. The third kappa shape index (κ3) is 4.72. The smallest absolute Gasteiger partial charge is 0.166 e. The van der Waals surface area contributed by atoms with Crippen molar-refractivity contribution in [3.63, 3.8) is 0 Å². The van der Waals surface area contributed by atoms with Gasteiger partial charge in [-0.25, -0.2) is 0 Å².